The summed E-state index contributed by atoms with van der Waals surface area (Å²) in [6, 6.07) is 19.8. The van der Waals surface area contributed by atoms with Crippen LogP contribution in [0, 0.1) is 0 Å². The number of rotatable bonds is 9. The van der Waals surface area contributed by atoms with Crippen LogP contribution in [0.25, 0.3) is 0 Å². The van der Waals surface area contributed by atoms with Crippen molar-refractivity contribution in [3.05, 3.63) is 82.7 Å². The number of hydrogen-bond acceptors (Lipinski definition) is 9. The number of ether oxygens (including phenoxy) is 3. The summed E-state index contributed by atoms with van der Waals surface area (Å²) >= 11 is 1.02. The third-order valence-electron chi connectivity index (χ3n) is 6.65. The van der Waals surface area contributed by atoms with Gasteiger partial charge >= 0.3 is 5.97 Å². The van der Waals surface area contributed by atoms with Crippen molar-refractivity contribution >= 4 is 38.9 Å². The highest BCUT2D eigenvalue weighted by atomic mass is 32.2. The van der Waals surface area contributed by atoms with E-state index in [4.69, 9.17) is 14.2 Å². The van der Waals surface area contributed by atoms with Gasteiger partial charge in [0.1, 0.15) is 9.96 Å². The smallest absolute Gasteiger partial charge is 0.311 e. The molecule has 0 radical (unpaired) electrons. The molecule has 0 unspecified atom stereocenters. The summed E-state index contributed by atoms with van der Waals surface area (Å²) in [6.07, 6.45) is 0.364. The van der Waals surface area contributed by atoms with E-state index in [1.165, 1.54) is 15.4 Å². The Morgan fingerprint density at radius 3 is 2.45 bits per heavy atom. The van der Waals surface area contributed by atoms with Gasteiger partial charge in [0.15, 0.2) is 6.61 Å². The molecule has 5 rings (SSSR count). The number of amides is 1. The molecule has 3 heterocycles. The average Bonchev–Trinajstić information content (AvgIpc) is 3.65. The highest BCUT2D eigenvalue weighted by Crippen LogP contribution is 2.34. The van der Waals surface area contributed by atoms with Gasteiger partial charge in [-0.15, -0.1) is 11.3 Å². The number of hydrazone groups is 1. The van der Waals surface area contributed by atoms with E-state index in [9.17, 15) is 18.0 Å². The van der Waals surface area contributed by atoms with Gasteiger partial charge in [-0.2, -0.15) is 9.41 Å². The molecule has 12 heteroatoms. The first kappa shape index (κ1) is 28.0. The Hall–Kier alpha value is -3.58. The normalized spacial score (nSPS) is 17.9. The number of methoxy groups -OCH3 is 1. The fourth-order valence-electron chi connectivity index (χ4n) is 4.54. The van der Waals surface area contributed by atoms with E-state index in [0.29, 0.717) is 43.4 Å². The molecule has 210 valence electrons. The van der Waals surface area contributed by atoms with Crippen LogP contribution < -0.4 is 4.74 Å². The van der Waals surface area contributed by atoms with Gasteiger partial charge in [-0.3, -0.25) is 9.59 Å². The molecule has 40 heavy (non-hydrogen) atoms. The summed E-state index contributed by atoms with van der Waals surface area (Å²) in [5, 5.41) is 5.97. The number of sulfonamides is 1. The largest absolute Gasteiger partial charge is 0.497 e. The van der Waals surface area contributed by atoms with E-state index < -0.39 is 28.5 Å². The van der Waals surface area contributed by atoms with Gasteiger partial charge in [-0.25, -0.2) is 13.4 Å². The molecule has 2 aliphatic rings. The van der Waals surface area contributed by atoms with Crippen molar-refractivity contribution in [2.45, 2.75) is 23.1 Å². The minimum atomic E-state index is -3.64. The summed E-state index contributed by atoms with van der Waals surface area (Å²) in [5.41, 5.74) is 2.55. The number of thiophene rings is 1. The van der Waals surface area contributed by atoms with Crippen molar-refractivity contribution in [2.75, 3.05) is 40.0 Å². The van der Waals surface area contributed by atoms with E-state index in [0.717, 1.165) is 28.2 Å². The topological polar surface area (TPSA) is 115 Å². The van der Waals surface area contributed by atoms with E-state index in [1.807, 2.05) is 54.6 Å². The maximum absolute atomic E-state index is 13.2. The lowest BCUT2D eigenvalue weighted by molar-refractivity contribution is -0.152. The minimum absolute atomic E-state index is 0.142. The van der Waals surface area contributed by atoms with Crippen LogP contribution in [0.3, 0.4) is 0 Å². The second-order valence-corrected chi connectivity index (χ2v) is 12.6. The fourth-order valence-corrected chi connectivity index (χ4v) is 7.44. The molecular formula is C28H29N3O7S2. The van der Waals surface area contributed by atoms with Crippen LogP contribution in [0.4, 0.5) is 0 Å². The van der Waals surface area contributed by atoms with E-state index in [-0.39, 0.29) is 16.7 Å². The van der Waals surface area contributed by atoms with Crippen LogP contribution in [-0.2, 0) is 35.5 Å². The Morgan fingerprint density at radius 2 is 1.75 bits per heavy atom. The molecule has 0 aliphatic carbocycles. The first-order chi connectivity index (χ1) is 19.3. The average molecular weight is 584 g/mol. The standard InChI is InChI=1S/C28H29N3O7S2/c1-36-22-9-7-21(8-10-22)25-18-24(20-5-3-2-4-6-20)29-31(25)26(32)19-38-27(33)17-23-11-12-28(39-23)40(34,35)30-13-15-37-16-14-30/h2-12,25H,13-19H2,1H3/t25-/m1/s1. The number of nitrogens with zero attached hydrogens (tertiary/aromatic N) is 3. The summed E-state index contributed by atoms with van der Waals surface area (Å²) in [7, 11) is -2.05. The number of esters is 1. The maximum Gasteiger partial charge on any atom is 0.311 e. The zero-order valence-electron chi connectivity index (χ0n) is 21.9. The van der Waals surface area contributed by atoms with Gasteiger partial charge in [0.25, 0.3) is 15.9 Å². The van der Waals surface area contributed by atoms with Gasteiger partial charge in [0, 0.05) is 24.4 Å². The Bertz CT molecular complexity index is 1480. The van der Waals surface area contributed by atoms with E-state index in [1.54, 1.807) is 13.2 Å². The van der Waals surface area contributed by atoms with Crippen molar-refractivity contribution in [2.24, 2.45) is 5.10 Å². The maximum atomic E-state index is 13.2. The van der Waals surface area contributed by atoms with Crippen LogP contribution in [-0.4, -0.2) is 75.3 Å². The molecular weight excluding hydrogens is 554 g/mol. The Morgan fingerprint density at radius 1 is 1.02 bits per heavy atom. The van der Waals surface area contributed by atoms with Gasteiger partial charge in [0.05, 0.1) is 38.5 Å². The summed E-state index contributed by atoms with van der Waals surface area (Å²) in [5.74, 6) is -0.382. The third-order valence-corrected chi connectivity index (χ3v) is 10.1. The molecule has 1 saturated heterocycles. The number of benzene rings is 2. The SMILES string of the molecule is COc1ccc([C@H]2CC(c3ccccc3)=NN2C(=O)COC(=O)Cc2ccc(S(=O)(=O)N3CCOCC3)s2)cc1. The zero-order valence-corrected chi connectivity index (χ0v) is 23.5. The Balaban J connectivity index is 1.24. The Kier molecular flexibility index (Phi) is 8.60. The van der Waals surface area contributed by atoms with E-state index >= 15 is 0 Å². The molecule has 1 atom stereocenters. The lowest BCUT2D eigenvalue weighted by atomic mass is 9.98. The molecule has 0 spiro atoms. The molecule has 1 aromatic heterocycles. The zero-order chi connectivity index (χ0) is 28.1. The van der Waals surface area contributed by atoms with E-state index in [2.05, 4.69) is 5.10 Å². The van der Waals surface area contributed by atoms with Crippen molar-refractivity contribution in [3.8, 4) is 5.75 Å². The lowest BCUT2D eigenvalue weighted by Gasteiger charge is -2.25. The molecule has 0 saturated carbocycles. The van der Waals surface area contributed by atoms with Crippen molar-refractivity contribution < 1.29 is 32.2 Å². The second kappa shape index (κ2) is 12.3. The molecule has 3 aromatic rings. The van der Waals surface area contributed by atoms with Crippen LogP contribution in [0.5, 0.6) is 5.75 Å². The van der Waals surface area contributed by atoms with Crippen LogP contribution >= 0.6 is 11.3 Å². The van der Waals surface area contributed by atoms with Crippen molar-refractivity contribution in [3.63, 3.8) is 0 Å². The molecule has 10 nitrogen and oxygen atoms in total. The molecule has 1 amide bonds. The summed E-state index contributed by atoms with van der Waals surface area (Å²) < 4.78 is 43.0. The molecule has 0 N–H and O–H groups in total. The lowest BCUT2D eigenvalue weighted by Crippen LogP contribution is -2.40. The molecule has 2 aromatic carbocycles. The van der Waals surface area contributed by atoms with Crippen molar-refractivity contribution in [1.82, 2.24) is 9.31 Å². The number of hydrogen-bond donors (Lipinski definition) is 0. The summed E-state index contributed by atoms with van der Waals surface area (Å²) in [6.45, 7) is 0.807. The van der Waals surface area contributed by atoms with Gasteiger partial charge < -0.3 is 14.2 Å². The number of morpholine rings is 1. The second-order valence-electron chi connectivity index (χ2n) is 9.22. The molecule has 2 aliphatic heterocycles. The number of carbonyl (C=O) groups is 2. The van der Waals surface area contributed by atoms with Gasteiger partial charge in [-0.05, 0) is 35.4 Å². The quantitative estimate of drug-likeness (QED) is 0.355. The van der Waals surface area contributed by atoms with Crippen LogP contribution in [0.2, 0.25) is 0 Å². The van der Waals surface area contributed by atoms with Crippen molar-refractivity contribution in [1.29, 1.82) is 0 Å². The Labute approximate surface area is 236 Å². The van der Waals surface area contributed by atoms with Crippen LogP contribution in [0.15, 0.2) is 76.0 Å². The molecule has 1 fully saturated rings. The highest BCUT2D eigenvalue weighted by Gasteiger charge is 2.34. The third kappa shape index (κ3) is 6.25. The predicted octanol–water partition coefficient (Wildman–Crippen LogP) is 3.24. The minimum Gasteiger partial charge on any atom is -0.497 e. The fraction of sp³-hybridized carbons (Fsp3) is 0.321. The van der Waals surface area contributed by atoms with Crippen LogP contribution in [0.1, 0.15) is 28.5 Å². The first-order valence-electron chi connectivity index (χ1n) is 12.8. The first-order valence-corrected chi connectivity index (χ1v) is 15.0. The van der Waals surface area contributed by atoms with Gasteiger partial charge in [0.2, 0.25) is 0 Å². The molecule has 0 bridgehead atoms. The highest BCUT2D eigenvalue weighted by molar-refractivity contribution is 7.91. The predicted molar refractivity (Wildman–Crippen MR) is 149 cm³/mol. The van der Waals surface area contributed by atoms with Gasteiger partial charge in [-0.1, -0.05) is 42.5 Å². The monoisotopic (exact) mass is 583 g/mol. The summed E-state index contributed by atoms with van der Waals surface area (Å²) in [4.78, 5) is 26.3. The number of carbonyl (C=O) groups excluding carboxylic acids is 2.